The van der Waals surface area contributed by atoms with Crippen LogP contribution in [0, 0.1) is 0 Å². The molecule has 2 unspecified atom stereocenters. The van der Waals surface area contributed by atoms with E-state index in [4.69, 9.17) is 4.42 Å². The monoisotopic (exact) mass is 429 g/mol. The van der Waals surface area contributed by atoms with Crippen LogP contribution in [0.5, 0.6) is 0 Å². The van der Waals surface area contributed by atoms with Gasteiger partial charge in [-0.1, -0.05) is 12.2 Å². The van der Waals surface area contributed by atoms with Crippen molar-refractivity contribution in [1.82, 2.24) is 15.6 Å². The maximum Gasteiger partial charge on any atom is 0.233 e. The summed E-state index contributed by atoms with van der Waals surface area (Å²) < 4.78 is 17.1. The molecular formula is C22H27N3O4S. The van der Waals surface area contributed by atoms with E-state index in [1.165, 1.54) is 11.8 Å². The van der Waals surface area contributed by atoms with E-state index in [1.54, 1.807) is 24.4 Å². The number of carbonyl (C=O) groups is 1. The molecule has 3 rings (SSSR count). The first-order valence-corrected chi connectivity index (χ1v) is 11.4. The minimum atomic E-state index is -1.36. The van der Waals surface area contributed by atoms with Gasteiger partial charge in [-0.05, 0) is 48.7 Å². The molecule has 2 aromatic rings. The number of amides is 1. The molecule has 0 radical (unpaired) electrons. The van der Waals surface area contributed by atoms with Gasteiger partial charge >= 0.3 is 0 Å². The molecule has 1 aliphatic rings. The normalized spacial score (nSPS) is 17.6. The summed E-state index contributed by atoms with van der Waals surface area (Å²) in [6, 6.07) is 7.92. The van der Waals surface area contributed by atoms with Gasteiger partial charge in [-0.3, -0.25) is 14.0 Å². The zero-order chi connectivity index (χ0) is 21.2. The van der Waals surface area contributed by atoms with E-state index in [1.807, 2.05) is 12.1 Å². The maximum absolute atomic E-state index is 11.9. The molecule has 3 N–H and O–H groups in total. The average molecular weight is 430 g/mol. The standard InChI is InChI=1S/C22H27N3O4S/c26-20(14-25-22(27)16-30(28)15-21-5-3-11-29-21)7-6-19-13-17(8-10-24-19)12-18-4-1-2-9-23-18/h1-3,5,7-8,10-11,13,18,23,26H,4,6,9,12,14-16H2,(H,25,27)/b20-7-. The molecule has 1 aliphatic heterocycles. The van der Waals surface area contributed by atoms with Crippen LogP contribution in [0.25, 0.3) is 0 Å². The number of rotatable bonds is 10. The highest BCUT2D eigenvalue weighted by Crippen LogP contribution is 2.11. The summed E-state index contributed by atoms with van der Waals surface area (Å²) >= 11 is 0. The number of pyridine rings is 1. The number of aliphatic hydroxyl groups excluding tert-OH is 1. The average Bonchev–Trinajstić information content (AvgIpc) is 3.24. The van der Waals surface area contributed by atoms with Gasteiger partial charge in [0.25, 0.3) is 0 Å². The van der Waals surface area contributed by atoms with Crippen molar-refractivity contribution in [3.8, 4) is 0 Å². The molecule has 8 heteroatoms. The highest BCUT2D eigenvalue weighted by atomic mass is 32.2. The lowest BCUT2D eigenvalue weighted by molar-refractivity contribution is -0.118. The summed E-state index contributed by atoms with van der Waals surface area (Å²) in [5.41, 5.74) is 2.06. The molecule has 0 saturated heterocycles. The number of furan rings is 1. The molecule has 0 fully saturated rings. The van der Waals surface area contributed by atoms with Crippen LogP contribution >= 0.6 is 0 Å². The Morgan fingerprint density at radius 2 is 2.30 bits per heavy atom. The van der Waals surface area contributed by atoms with Crippen molar-refractivity contribution < 1.29 is 18.5 Å². The molecule has 0 aliphatic carbocycles. The molecule has 1 amide bonds. The predicted octanol–water partition coefficient (Wildman–Crippen LogP) is 2.18. The summed E-state index contributed by atoms with van der Waals surface area (Å²) in [5, 5.41) is 16.1. The Hall–Kier alpha value is -2.71. The van der Waals surface area contributed by atoms with Gasteiger partial charge in [0.2, 0.25) is 5.91 Å². The second-order valence-corrected chi connectivity index (χ2v) is 8.61. The highest BCUT2D eigenvalue weighted by Gasteiger charge is 2.11. The van der Waals surface area contributed by atoms with Gasteiger partial charge in [0, 0.05) is 41.7 Å². The van der Waals surface area contributed by atoms with E-state index in [0.29, 0.717) is 18.2 Å². The Morgan fingerprint density at radius 3 is 3.07 bits per heavy atom. The van der Waals surface area contributed by atoms with Crippen LogP contribution in [-0.4, -0.2) is 45.1 Å². The number of aliphatic hydroxyl groups is 1. The number of carbonyl (C=O) groups excluding carboxylic acids is 1. The van der Waals surface area contributed by atoms with E-state index < -0.39 is 10.8 Å². The molecule has 0 spiro atoms. The summed E-state index contributed by atoms with van der Waals surface area (Å²) in [6.07, 6.45) is 11.7. The minimum absolute atomic E-state index is 0.00515. The van der Waals surface area contributed by atoms with Crippen molar-refractivity contribution in [2.75, 3.05) is 18.8 Å². The van der Waals surface area contributed by atoms with Gasteiger partial charge in [0.1, 0.15) is 17.3 Å². The fourth-order valence-corrected chi connectivity index (χ4v) is 4.13. The first-order chi connectivity index (χ1) is 14.6. The zero-order valence-electron chi connectivity index (χ0n) is 16.8. The predicted molar refractivity (Wildman–Crippen MR) is 116 cm³/mol. The third-order valence-corrected chi connectivity index (χ3v) is 5.85. The van der Waals surface area contributed by atoms with Crippen LogP contribution in [0.2, 0.25) is 0 Å². The fraction of sp³-hybridized carbons (Fsp3) is 0.364. The Bertz CT molecular complexity index is 909. The van der Waals surface area contributed by atoms with E-state index in [9.17, 15) is 14.1 Å². The first-order valence-electron chi connectivity index (χ1n) is 9.92. The maximum atomic E-state index is 11.9. The molecule has 0 aromatic carbocycles. The molecule has 0 saturated carbocycles. The van der Waals surface area contributed by atoms with Crippen molar-refractivity contribution in [1.29, 1.82) is 0 Å². The van der Waals surface area contributed by atoms with Gasteiger partial charge in [-0.15, -0.1) is 0 Å². The number of nitrogens with zero attached hydrogens (tertiary/aromatic N) is 1. The lowest BCUT2D eigenvalue weighted by Crippen LogP contribution is -2.33. The van der Waals surface area contributed by atoms with Gasteiger partial charge in [-0.2, -0.15) is 0 Å². The fourth-order valence-electron chi connectivity index (χ4n) is 3.15. The SMILES string of the molecule is O=C(CS(=O)Cc1ccco1)NC/C(O)=C/Cc1cc(CC2CC=CCN2)ccn1. The van der Waals surface area contributed by atoms with E-state index in [2.05, 4.69) is 27.8 Å². The molecule has 3 heterocycles. The lowest BCUT2D eigenvalue weighted by Gasteiger charge is -2.19. The van der Waals surface area contributed by atoms with E-state index in [0.717, 1.165) is 25.1 Å². The highest BCUT2D eigenvalue weighted by molar-refractivity contribution is 7.84. The largest absolute Gasteiger partial charge is 0.511 e. The Kier molecular flexibility index (Phi) is 8.41. The topological polar surface area (TPSA) is 104 Å². The van der Waals surface area contributed by atoms with Crippen molar-refractivity contribution in [3.05, 3.63) is 77.7 Å². The van der Waals surface area contributed by atoms with E-state index >= 15 is 0 Å². The summed E-state index contributed by atoms with van der Waals surface area (Å²) in [6.45, 7) is 0.899. The Balaban J connectivity index is 1.41. The van der Waals surface area contributed by atoms with Crippen LogP contribution in [0.3, 0.4) is 0 Å². The van der Waals surface area contributed by atoms with Gasteiger partial charge in [0.15, 0.2) is 0 Å². The quantitative estimate of drug-likeness (QED) is 0.395. The number of hydrogen-bond donors (Lipinski definition) is 3. The summed E-state index contributed by atoms with van der Waals surface area (Å²) in [7, 11) is -1.36. The van der Waals surface area contributed by atoms with Crippen molar-refractivity contribution in [3.63, 3.8) is 0 Å². The smallest absolute Gasteiger partial charge is 0.233 e. The zero-order valence-corrected chi connectivity index (χ0v) is 17.6. The molecule has 7 nitrogen and oxygen atoms in total. The first kappa shape index (κ1) is 22.0. The molecule has 30 heavy (non-hydrogen) atoms. The van der Waals surface area contributed by atoms with Crippen molar-refractivity contribution >= 4 is 16.7 Å². The lowest BCUT2D eigenvalue weighted by atomic mass is 10.0. The van der Waals surface area contributed by atoms with Crippen LogP contribution in [0.4, 0.5) is 0 Å². The van der Waals surface area contributed by atoms with Crippen LogP contribution < -0.4 is 10.6 Å². The molecule has 0 bridgehead atoms. The Labute approximate surface area is 178 Å². The second kappa shape index (κ2) is 11.5. The number of aromatic nitrogens is 1. The molecule has 160 valence electrons. The number of hydrogen-bond acceptors (Lipinski definition) is 6. The molecular weight excluding hydrogens is 402 g/mol. The Morgan fingerprint density at radius 1 is 1.40 bits per heavy atom. The van der Waals surface area contributed by atoms with Crippen LogP contribution in [0.1, 0.15) is 23.4 Å². The van der Waals surface area contributed by atoms with E-state index in [-0.39, 0.29) is 29.7 Å². The van der Waals surface area contributed by atoms with Gasteiger partial charge in [-0.25, -0.2) is 0 Å². The summed E-state index contributed by atoms with van der Waals surface area (Å²) in [4.78, 5) is 16.2. The third-order valence-electron chi connectivity index (χ3n) is 4.66. The summed E-state index contributed by atoms with van der Waals surface area (Å²) in [5.74, 6) is 0.300. The van der Waals surface area contributed by atoms with Crippen LogP contribution in [0.15, 0.2) is 65.1 Å². The van der Waals surface area contributed by atoms with Gasteiger partial charge in [0.05, 0.1) is 18.6 Å². The second-order valence-electron chi connectivity index (χ2n) is 7.16. The molecule has 2 atom stereocenters. The van der Waals surface area contributed by atoms with Crippen LogP contribution in [-0.2, 0) is 34.2 Å². The van der Waals surface area contributed by atoms with Gasteiger partial charge < -0.3 is 20.2 Å². The minimum Gasteiger partial charge on any atom is -0.511 e. The molecule has 2 aromatic heterocycles. The van der Waals surface area contributed by atoms with Crippen molar-refractivity contribution in [2.24, 2.45) is 0 Å². The van der Waals surface area contributed by atoms with Crippen molar-refractivity contribution in [2.45, 2.75) is 31.1 Å². The number of allylic oxidation sites excluding steroid dienone is 1. The number of nitrogens with one attached hydrogen (secondary N) is 2. The third kappa shape index (κ3) is 7.61.